The zero-order valence-corrected chi connectivity index (χ0v) is 12.3. The summed E-state index contributed by atoms with van der Waals surface area (Å²) in [6.07, 6.45) is 0. The van der Waals surface area contributed by atoms with Crippen LogP contribution in [0.4, 0.5) is 0 Å². The van der Waals surface area contributed by atoms with Crippen molar-refractivity contribution in [3.63, 3.8) is 0 Å². The molecule has 0 bridgehead atoms. The van der Waals surface area contributed by atoms with Crippen LogP contribution in [0.2, 0.25) is 0 Å². The van der Waals surface area contributed by atoms with Gasteiger partial charge in [-0.05, 0) is 35.5 Å². The third kappa shape index (κ3) is 3.39. The highest BCUT2D eigenvalue weighted by atomic mass is 32.2. The van der Waals surface area contributed by atoms with Crippen molar-refractivity contribution < 1.29 is 8.42 Å². The molecule has 2 rings (SSSR count). The van der Waals surface area contributed by atoms with Crippen molar-refractivity contribution in [3.05, 3.63) is 39.4 Å². The Labute approximate surface area is 115 Å². The molecular formula is C11H14N2O2S3. The Morgan fingerprint density at radius 2 is 2.11 bits per heavy atom. The molecule has 0 fully saturated rings. The zero-order valence-electron chi connectivity index (χ0n) is 9.84. The molecular weight excluding hydrogens is 288 g/mol. The Morgan fingerprint density at radius 3 is 2.78 bits per heavy atom. The van der Waals surface area contributed by atoms with Crippen molar-refractivity contribution in [2.45, 2.75) is 17.3 Å². The number of sulfonamides is 1. The predicted molar refractivity (Wildman–Crippen MR) is 75.4 cm³/mol. The summed E-state index contributed by atoms with van der Waals surface area (Å²) in [6.45, 7) is 1.02. The average Bonchev–Trinajstić information content (AvgIpc) is 2.98. The molecule has 0 amide bonds. The maximum absolute atomic E-state index is 12.0. The van der Waals surface area contributed by atoms with Crippen LogP contribution in [0.1, 0.15) is 10.4 Å². The maximum Gasteiger partial charge on any atom is 0.250 e. The molecule has 0 unspecified atom stereocenters. The first-order valence-corrected chi connectivity index (χ1v) is 8.60. The van der Waals surface area contributed by atoms with Crippen molar-refractivity contribution in [2.75, 3.05) is 7.05 Å². The van der Waals surface area contributed by atoms with Gasteiger partial charge < -0.3 is 5.32 Å². The largest absolute Gasteiger partial charge is 0.316 e. The highest BCUT2D eigenvalue weighted by Crippen LogP contribution is 2.20. The Kier molecular flexibility index (Phi) is 4.52. The summed E-state index contributed by atoms with van der Waals surface area (Å²) in [7, 11) is -1.55. The summed E-state index contributed by atoms with van der Waals surface area (Å²) in [5.41, 5.74) is 0.985. The van der Waals surface area contributed by atoms with E-state index in [4.69, 9.17) is 0 Å². The van der Waals surface area contributed by atoms with Gasteiger partial charge in [-0.1, -0.05) is 6.07 Å². The number of thiophene rings is 2. The van der Waals surface area contributed by atoms with E-state index < -0.39 is 10.0 Å². The van der Waals surface area contributed by atoms with E-state index in [1.807, 2.05) is 29.9 Å². The molecule has 4 nitrogen and oxygen atoms in total. The topological polar surface area (TPSA) is 58.2 Å². The molecule has 98 valence electrons. The maximum atomic E-state index is 12.0. The van der Waals surface area contributed by atoms with Crippen LogP contribution in [0.25, 0.3) is 0 Å². The second-order valence-corrected chi connectivity index (χ2v) is 7.65. The van der Waals surface area contributed by atoms with Crippen molar-refractivity contribution in [1.82, 2.24) is 10.0 Å². The fourth-order valence-electron chi connectivity index (χ4n) is 1.44. The zero-order chi connectivity index (χ0) is 13.0. The van der Waals surface area contributed by atoms with Crippen molar-refractivity contribution >= 4 is 32.7 Å². The van der Waals surface area contributed by atoms with Crippen LogP contribution in [0.15, 0.2) is 33.2 Å². The Morgan fingerprint density at radius 1 is 1.28 bits per heavy atom. The summed E-state index contributed by atoms with van der Waals surface area (Å²) >= 11 is 2.79. The molecule has 0 saturated heterocycles. The lowest BCUT2D eigenvalue weighted by Gasteiger charge is -2.02. The van der Waals surface area contributed by atoms with Crippen LogP contribution >= 0.6 is 22.7 Å². The van der Waals surface area contributed by atoms with Crippen LogP contribution < -0.4 is 10.0 Å². The number of rotatable bonds is 6. The Bertz CT molecular complexity index is 588. The van der Waals surface area contributed by atoms with E-state index in [9.17, 15) is 8.42 Å². The van der Waals surface area contributed by atoms with Gasteiger partial charge in [0.05, 0.1) is 0 Å². The minimum absolute atomic E-state index is 0.346. The summed E-state index contributed by atoms with van der Waals surface area (Å²) in [4.78, 5) is 1.01. The molecule has 2 N–H and O–H groups in total. The Balaban J connectivity index is 2.05. The van der Waals surface area contributed by atoms with Gasteiger partial charge in [0.2, 0.25) is 10.0 Å². The van der Waals surface area contributed by atoms with Crippen LogP contribution in [-0.2, 0) is 23.1 Å². The van der Waals surface area contributed by atoms with Crippen LogP contribution in [0.3, 0.4) is 0 Å². The molecule has 0 aliphatic rings. The third-order valence-corrected chi connectivity index (χ3v) is 6.06. The summed E-state index contributed by atoms with van der Waals surface area (Å²) in [5.74, 6) is 0. The molecule has 7 heteroatoms. The van der Waals surface area contributed by atoms with Gasteiger partial charge in [-0.15, -0.1) is 22.7 Å². The van der Waals surface area contributed by atoms with Gasteiger partial charge >= 0.3 is 0 Å². The third-order valence-electron chi connectivity index (χ3n) is 2.29. The van der Waals surface area contributed by atoms with Gasteiger partial charge in [-0.3, -0.25) is 0 Å². The van der Waals surface area contributed by atoms with E-state index in [0.29, 0.717) is 17.3 Å². The molecule has 0 radical (unpaired) electrons. The second-order valence-electron chi connectivity index (χ2n) is 3.71. The van der Waals surface area contributed by atoms with Crippen molar-refractivity contribution in [1.29, 1.82) is 0 Å². The highest BCUT2D eigenvalue weighted by Gasteiger charge is 2.16. The normalized spacial score (nSPS) is 11.8. The molecule has 0 saturated carbocycles. The summed E-state index contributed by atoms with van der Waals surface area (Å²) in [5, 5.41) is 6.78. The monoisotopic (exact) mass is 302 g/mol. The SMILES string of the molecule is CNCc1csc(S(=O)(=O)NCc2cccs2)c1. The van der Waals surface area contributed by atoms with Gasteiger partial charge in [0.25, 0.3) is 0 Å². The first-order chi connectivity index (χ1) is 8.62. The number of hydrogen-bond donors (Lipinski definition) is 2. The highest BCUT2D eigenvalue weighted by molar-refractivity contribution is 7.91. The lowest BCUT2D eigenvalue weighted by atomic mass is 10.3. The lowest BCUT2D eigenvalue weighted by Crippen LogP contribution is -2.21. The molecule has 18 heavy (non-hydrogen) atoms. The predicted octanol–water partition coefficient (Wildman–Crippen LogP) is 2.01. The first kappa shape index (κ1) is 13.7. The van der Waals surface area contributed by atoms with Crippen LogP contribution in [-0.4, -0.2) is 15.5 Å². The molecule has 2 heterocycles. The van der Waals surface area contributed by atoms with E-state index in [2.05, 4.69) is 10.0 Å². The van der Waals surface area contributed by atoms with Crippen LogP contribution in [0, 0.1) is 0 Å². The molecule has 2 aromatic heterocycles. The molecule has 2 aromatic rings. The minimum Gasteiger partial charge on any atom is -0.316 e. The molecule has 0 aliphatic carbocycles. The average molecular weight is 302 g/mol. The van der Waals surface area contributed by atoms with E-state index in [1.54, 1.807) is 6.07 Å². The quantitative estimate of drug-likeness (QED) is 0.858. The van der Waals surface area contributed by atoms with Gasteiger partial charge in [-0.25, -0.2) is 13.1 Å². The fourth-order valence-corrected chi connectivity index (χ4v) is 4.44. The first-order valence-electron chi connectivity index (χ1n) is 5.36. The molecule has 0 atom stereocenters. The minimum atomic E-state index is -3.39. The molecule has 0 aromatic carbocycles. The van der Waals surface area contributed by atoms with Crippen molar-refractivity contribution in [2.24, 2.45) is 0 Å². The van der Waals surface area contributed by atoms with Crippen molar-refractivity contribution in [3.8, 4) is 0 Å². The fraction of sp³-hybridized carbons (Fsp3) is 0.273. The second kappa shape index (κ2) is 5.94. The van der Waals surface area contributed by atoms with E-state index in [0.717, 1.165) is 10.4 Å². The molecule has 0 spiro atoms. The standard InChI is InChI=1S/C11H14N2O2S3/c1-12-6-9-5-11(17-8-9)18(14,15)13-7-10-3-2-4-16-10/h2-5,8,12-13H,6-7H2,1H3. The summed E-state index contributed by atoms with van der Waals surface area (Å²) < 4.78 is 27.0. The van der Waals surface area contributed by atoms with Gasteiger partial charge in [0, 0.05) is 18.0 Å². The van der Waals surface area contributed by atoms with E-state index in [1.165, 1.54) is 22.7 Å². The van der Waals surface area contributed by atoms with E-state index >= 15 is 0 Å². The number of nitrogens with one attached hydrogen (secondary N) is 2. The van der Waals surface area contributed by atoms with Crippen LogP contribution in [0.5, 0.6) is 0 Å². The van der Waals surface area contributed by atoms with Gasteiger partial charge in [-0.2, -0.15) is 0 Å². The Hall–Kier alpha value is -0.730. The van der Waals surface area contributed by atoms with Gasteiger partial charge in [0.1, 0.15) is 4.21 Å². The number of hydrogen-bond acceptors (Lipinski definition) is 5. The van der Waals surface area contributed by atoms with E-state index in [-0.39, 0.29) is 0 Å². The smallest absolute Gasteiger partial charge is 0.250 e. The molecule has 0 aliphatic heterocycles. The summed E-state index contributed by atoms with van der Waals surface area (Å²) in [6, 6.07) is 5.52. The lowest BCUT2D eigenvalue weighted by molar-refractivity contribution is 0.584. The van der Waals surface area contributed by atoms with Gasteiger partial charge in [0.15, 0.2) is 0 Å².